The molecule has 0 saturated carbocycles. The van der Waals surface area contributed by atoms with Crippen molar-refractivity contribution in [2.45, 2.75) is 26.2 Å². The molecule has 5 nitrogen and oxygen atoms in total. The zero-order valence-corrected chi connectivity index (χ0v) is 17.1. The van der Waals surface area contributed by atoms with Crippen LogP contribution in [0.5, 0.6) is 0 Å². The van der Waals surface area contributed by atoms with E-state index in [2.05, 4.69) is 10.7 Å². The van der Waals surface area contributed by atoms with Crippen LogP contribution >= 0.6 is 0 Å². The van der Waals surface area contributed by atoms with Crippen molar-refractivity contribution in [3.05, 3.63) is 91.0 Å². The number of carbonyl (C=O) groups excluding carboxylic acids is 2. The molecule has 0 saturated heterocycles. The molecular formula is C25H27N3O2. The Morgan fingerprint density at radius 3 is 1.90 bits per heavy atom. The van der Waals surface area contributed by atoms with Gasteiger partial charge in [-0.1, -0.05) is 74.4 Å². The summed E-state index contributed by atoms with van der Waals surface area (Å²) in [6.07, 6.45) is 2.17. The van der Waals surface area contributed by atoms with Gasteiger partial charge in [0.05, 0.1) is 11.4 Å². The molecule has 3 rings (SSSR count). The molecule has 154 valence electrons. The average Bonchev–Trinajstić information content (AvgIpc) is 2.79. The first-order chi connectivity index (χ1) is 14.7. The second kappa shape index (κ2) is 10.8. The van der Waals surface area contributed by atoms with Gasteiger partial charge in [0, 0.05) is 5.69 Å². The fourth-order valence-corrected chi connectivity index (χ4v) is 3.15. The van der Waals surface area contributed by atoms with Crippen LogP contribution in [0.4, 0.5) is 17.1 Å². The van der Waals surface area contributed by atoms with E-state index in [0.29, 0.717) is 17.8 Å². The SMILES string of the molecule is CCCC[C@@H](C(=O)Nc1ccccc1)C(=O)N(Nc1ccccc1)c1ccccc1. The Morgan fingerprint density at radius 2 is 1.33 bits per heavy atom. The minimum absolute atomic E-state index is 0.285. The van der Waals surface area contributed by atoms with Gasteiger partial charge in [0.15, 0.2) is 0 Å². The molecule has 0 unspecified atom stereocenters. The largest absolute Gasteiger partial charge is 0.325 e. The van der Waals surface area contributed by atoms with Crippen molar-refractivity contribution < 1.29 is 9.59 Å². The summed E-state index contributed by atoms with van der Waals surface area (Å²) in [4.78, 5) is 26.7. The van der Waals surface area contributed by atoms with Gasteiger partial charge in [-0.2, -0.15) is 0 Å². The predicted molar refractivity (Wildman–Crippen MR) is 122 cm³/mol. The van der Waals surface area contributed by atoms with Gasteiger partial charge in [-0.25, -0.2) is 5.01 Å². The van der Waals surface area contributed by atoms with E-state index in [1.54, 1.807) is 0 Å². The van der Waals surface area contributed by atoms with E-state index >= 15 is 0 Å². The van der Waals surface area contributed by atoms with Crippen molar-refractivity contribution in [3.8, 4) is 0 Å². The Bertz CT molecular complexity index is 930. The fourth-order valence-electron chi connectivity index (χ4n) is 3.15. The number of amides is 2. The number of carbonyl (C=O) groups is 2. The van der Waals surface area contributed by atoms with Crippen LogP contribution in [0.3, 0.4) is 0 Å². The highest BCUT2D eigenvalue weighted by molar-refractivity contribution is 6.12. The maximum absolute atomic E-state index is 13.6. The predicted octanol–water partition coefficient (Wildman–Crippen LogP) is 5.49. The van der Waals surface area contributed by atoms with Crippen molar-refractivity contribution in [1.82, 2.24) is 0 Å². The highest BCUT2D eigenvalue weighted by Gasteiger charge is 2.31. The number of nitrogens with one attached hydrogen (secondary N) is 2. The summed E-state index contributed by atoms with van der Waals surface area (Å²) in [7, 11) is 0. The van der Waals surface area contributed by atoms with E-state index in [9.17, 15) is 9.59 Å². The summed E-state index contributed by atoms with van der Waals surface area (Å²) in [5, 5.41) is 4.36. The number of rotatable bonds is 9. The fraction of sp³-hybridized carbons (Fsp3) is 0.200. The minimum atomic E-state index is -0.804. The van der Waals surface area contributed by atoms with E-state index < -0.39 is 5.92 Å². The van der Waals surface area contributed by atoms with Gasteiger partial charge in [-0.3, -0.25) is 15.0 Å². The molecule has 2 amide bonds. The molecule has 0 heterocycles. The van der Waals surface area contributed by atoms with Crippen molar-refractivity contribution in [3.63, 3.8) is 0 Å². The van der Waals surface area contributed by atoms with Crippen LogP contribution in [-0.2, 0) is 9.59 Å². The number of hydrazine groups is 1. The maximum Gasteiger partial charge on any atom is 0.258 e. The molecule has 0 aliphatic carbocycles. The Hall–Kier alpha value is -3.60. The van der Waals surface area contributed by atoms with E-state index in [-0.39, 0.29) is 11.8 Å². The molecule has 2 N–H and O–H groups in total. The zero-order chi connectivity index (χ0) is 21.2. The summed E-state index contributed by atoms with van der Waals surface area (Å²) in [5.74, 6) is -1.39. The molecule has 3 aromatic carbocycles. The molecule has 0 aliphatic heterocycles. The molecule has 0 spiro atoms. The number of para-hydroxylation sites is 3. The Kier molecular flexibility index (Phi) is 7.61. The standard InChI is InChI=1S/C25H27N3O2/c1-2-3-19-23(24(29)26-20-13-7-4-8-14-20)25(30)28(22-17-11-6-12-18-22)27-21-15-9-5-10-16-21/h4-18,23,27H,2-3,19H2,1H3,(H,26,29)/t23-/m0/s1. The van der Waals surface area contributed by atoms with Crippen LogP contribution in [0.2, 0.25) is 0 Å². The molecular weight excluding hydrogens is 374 g/mol. The molecule has 30 heavy (non-hydrogen) atoms. The second-order valence-electron chi connectivity index (χ2n) is 7.04. The monoisotopic (exact) mass is 401 g/mol. The average molecular weight is 402 g/mol. The number of nitrogens with zero attached hydrogens (tertiary/aromatic N) is 1. The summed E-state index contributed by atoms with van der Waals surface area (Å²) >= 11 is 0. The summed E-state index contributed by atoms with van der Waals surface area (Å²) in [5.41, 5.74) is 5.31. The summed E-state index contributed by atoms with van der Waals surface area (Å²) in [6.45, 7) is 2.05. The molecule has 5 heteroatoms. The van der Waals surface area contributed by atoms with Gasteiger partial charge < -0.3 is 5.32 Å². The zero-order valence-electron chi connectivity index (χ0n) is 17.1. The molecule has 0 fully saturated rings. The lowest BCUT2D eigenvalue weighted by atomic mass is 9.99. The number of benzene rings is 3. The third-order valence-electron chi connectivity index (χ3n) is 4.75. The van der Waals surface area contributed by atoms with Crippen LogP contribution in [0.1, 0.15) is 26.2 Å². The van der Waals surface area contributed by atoms with Gasteiger partial charge >= 0.3 is 0 Å². The van der Waals surface area contributed by atoms with E-state index in [1.807, 2.05) is 97.9 Å². The first kappa shape index (κ1) is 21.1. The molecule has 0 aromatic heterocycles. The van der Waals surface area contributed by atoms with E-state index in [0.717, 1.165) is 18.5 Å². The number of hydrogen-bond acceptors (Lipinski definition) is 3. The van der Waals surface area contributed by atoms with Gasteiger partial charge in [-0.15, -0.1) is 0 Å². The number of anilines is 3. The van der Waals surface area contributed by atoms with Crippen LogP contribution in [0.15, 0.2) is 91.0 Å². The third-order valence-corrected chi connectivity index (χ3v) is 4.75. The lowest BCUT2D eigenvalue weighted by Crippen LogP contribution is -2.44. The Balaban J connectivity index is 1.88. The minimum Gasteiger partial charge on any atom is -0.325 e. The molecule has 0 bridgehead atoms. The van der Waals surface area contributed by atoms with Crippen molar-refractivity contribution in [1.29, 1.82) is 0 Å². The van der Waals surface area contributed by atoms with E-state index in [4.69, 9.17) is 0 Å². The van der Waals surface area contributed by atoms with Crippen LogP contribution in [0.25, 0.3) is 0 Å². The summed E-state index contributed by atoms with van der Waals surface area (Å²) < 4.78 is 0. The van der Waals surface area contributed by atoms with Crippen molar-refractivity contribution in [2.24, 2.45) is 5.92 Å². The first-order valence-corrected chi connectivity index (χ1v) is 10.3. The summed E-state index contributed by atoms with van der Waals surface area (Å²) in [6, 6.07) is 28.0. The van der Waals surface area contributed by atoms with Gasteiger partial charge in [-0.05, 0) is 42.8 Å². The first-order valence-electron chi connectivity index (χ1n) is 10.3. The van der Waals surface area contributed by atoms with Crippen molar-refractivity contribution >= 4 is 28.9 Å². The highest BCUT2D eigenvalue weighted by Crippen LogP contribution is 2.22. The number of unbranched alkanes of at least 4 members (excludes halogenated alkanes) is 1. The van der Waals surface area contributed by atoms with Gasteiger partial charge in [0.2, 0.25) is 5.91 Å². The normalized spacial score (nSPS) is 11.4. The van der Waals surface area contributed by atoms with Crippen LogP contribution in [-0.4, -0.2) is 11.8 Å². The van der Waals surface area contributed by atoms with Crippen molar-refractivity contribution in [2.75, 3.05) is 15.8 Å². The Morgan fingerprint density at radius 1 is 0.800 bits per heavy atom. The topological polar surface area (TPSA) is 61.4 Å². The molecule has 3 aromatic rings. The van der Waals surface area contributed by atoms with Crippen LogP contribution in [0, 0.1) is 5.92 Å². The Labute approximate surface area is 177 Å². The second-order valence-corrected chi connectivity index (χ2v) is 7.04. The smallest absolute Gasteiger partial charge is 0.258 e. The van der Waals surface area contributed by atoms with Gasteiger partial charge in [0.25, 0.3) is 5.91 Å². The highest BCUT2D eigenvalue weighted by atomic mass is 16.2. The molecule has 1 atom stereocenters. The number of hydrogen-bond donors (Lipinski definition) is 2. The van der Waals surface area contributed by atoms with Crippen LogP contribution < -0.4 is 15.8 Å². The third kappa shape index (κ3) is 5.70. The quantitative estimate of drug-likeness (QED) is 0.368. The van der Waals surface area contributed by atoms with Gasteiger partial charge in [0.1, 0.15) is 5.92 Å². The molecule has 0 radical (unpaired) electrons. The van der Waals surface area contributed by atoms with E-state index in [1.165, 1.54) is 5.01 Å². The molecule has 0 aliphatic rings. The lowest BCUT2D eigenvalue weighted by Gasteiger charge is -2.28. The maximum atomic E-state index is 13.6. The lowest BCUT2D eigenvalue weighted by molar-refractivity contribution is -0.131.